The number of hydrogen-bond donors (Lipinski definition) is 1. The topological polar surface area (TPSA) is 109 Å². The minimum absolute atomic E-state index is 0. The Morgan fingerprint density at radius 1 is 1.27 bits per heavy atom. The van der Waals surface area contributed by atoms with Crippen molar-refractivity contribution >= 4 is 24.0 Å². The third-order valence-electron chi connectivity index (χ3n) is 2.23. The lowest BCUT2D eigenvalue weighted by Gasteiger charge is -2.08. The number of para-hydroxylation sites is 1. The first-order chi connectivity index (χ1) is 5.72. The molecule has 1 aliphatic rings. The molecule has 1 aromatic carbocycles. The first-order valence-corrected chi connectivity index (χ1v) is 3.84. The summed E-state index contributed by atoms with van der Waals surface area (Å²) in [5.74, 6) is -0.0313. The van der Waals surface area contributed by atoms with Crippen LogP contribution in [-0.2, 0) is 4.79 Å². The van der Waals surface area contributed by atoms with E-state index in [0.717, 1.165) is 11.3 Å². The standard InChI is InChI=1S/C9H10N2O.ClH.2H2O/c1-11-7-5-3-2-4-6(7)8(10)9(11)12;;;/h2-5,8H,10H2,1H3;1H;2*1H2. The zero-order valence-electron chi connectivity index (χ0n) is 8.23. The molecule has 0 saturated heterocycles. The second kappa shape index (κ2) is 5.67. The van der Waals surface area contributed by atoms with Crippen LogP contribution >= 0.6 is 12.4 Å². The smallest absolute Gasteiger partial charge is 0.248 e. The lowest BCUT2D eigenvalue weighted by molar-refractivity contribution is -0.118. The van der Waals surface area contributed by atoms with Gasteiger partial charge >= 0.3 is 0 Å². The van der Waals surface area contributed by atoms with Gasteiger partial charge in [0.25, 0.3) is 0 Å². The summed E-state index contributed by atoms with van der Waals surface area (Å²) in [6.07, 6.45) is 0. The Kier molecular flexibility index (Phi) is 6.16. The molecule has 1 amide bonds. The number of nitrogens with two attached hydrogens (primary N) is 1. The third-order valence-corrected chi connectivity index (χ3v) is 2.23. The zero-order valence-corrected chi connectivity index (χ0v) is 9.04. The Morgan fingerprint density at radius 2 is 1.80 bits per heavy atom. The molecular weight excluding hydrogens is 220 g/mol. The van der Waals surface area contributed by atoms with E-state index in [0.29, 0.717) is 0 Å². The minimum atomic E-state index is -0.466. The van der Waals surface area contributed by atoms with E-state index in [4.69, 9.17) is 5.73 Å². The van der Waals surface area contributed by atoms with Crippen LogP contribution in [0.2, 0.25) is 0 Å². The van der Waals surface area contributed by atoms with Gasteiger partial charge < -0.3 is 21.6 Å². The van der Waals surface area contributed by atoms with Gasteiger partial charge in [-0.3, -0.25) is 4.79 Å². The SMILES string of the molecule is CN1C(=O)C(N)c2ccccc21.Cl.O.O. The van der Waals surface area contributed by atoms with E-state index >= 15 is 0 Å². The average molecular weight is 235 g/mol. The lowest BCUT2D eigenvalue weighted by atomic mass is 10.1. The Labute approximate surface area is 93.9 Å². The second-order valence-corrected chi connectivity index (χ2v) is 2.93. The fraction of sp³-hybridized carbons (Fsp3) is 0.222. The van der Waals surface area contributed by atoms with Gasteiger partial charge in [-0.25, -0.2) is 0 Å². The van der Waals surface area contributed by atoms with E-state index in [1.165, 1.54) is 0 Å². The van der Waals surface area contributed by atoms with Crippen molar-refractivity contribution in [1.29, 1.82) is 0 Å². The van der Waals surface area contributed by atoms with Gasteiger partial charge in [0.1, 0.15) is 6.04 Å². The predicted octanol–water partition coefficient (Wildman–Crippen LogP) is -0.565. The molecule has 6 heteroatoms. The molecule has 1 aromatic rings. The van der Waals surface area contributed by atoms with Crippen molar-refractivity contribution in [2.75, 3.05) is 11.9 Å². The van der Waals surface area contributed by atoms with Gasteiger partial charge in [0, 0.05) is 18.3 Å². The number of benzene rings is 1. The first-order valence-electron chi connectivity index (χ1n) is 3.84. The monoisotopic (exact) mass is 234 g/mol. The molecule has 1 aliphatic heterocycles. The molecule has 0 bridgehead atoms. The van der Waals surface area contributed by atoms with E-state index < -0.39 is 6.04 Å². The van der Waals surface area contributed by atoms with E-state index in [9.17, 15) is 4.79 Å². The van der Waals surface area contributed by atoms with Crippen molar-refractivity contribution in [1.82, 2.24) is 0 Å². The van der Waals surface area contributed by atoms with Crippen LogP contribution in [0, 0.1) is 0 Å². The molecule has 0 aromatic heterocycles. The van der Waals surface area contributed by atoms with Crippen LogP contribution in [0.3, 0.4) is 0 Å². The fourth-order valence-electron chi connectivity index (χ4n) is 1.52. The Bertz CT molecular complexity index is 315. The number of nitrogens with zero attached hydrogens (tertiary/aromatic N) is 1. The summed E-state index contributed by atoms with van der Waals surface area (Å²) in [7, 11) is 1.74. The maximum atomic E-state index is 11.4. The van der Waals surface area contributed by atoms with Crippen molar-refractivity contribution in [3.8, 4) is 0 Å². The summed E-state index contributed by atoms with van der Waals surface area (Å²) in [4.78, 5) is 13.0. The molecule has 1 atom stereocenters. The Hall–Kier alpha value is -1.14. The molecule has 15 heavy (non-hydrogen) atoms. The molecule has 0 fully saturated rings. The molecule has 5 nitrogen and oxygen atoms in total. The third kappa shape index (κ3) is 2.27. The van der Waals surface area contributed by atoms with Crippen LogP contribution in [0.25, 0.3) is 0 Å². The normalized spacial score (nSPS) is 17.1. The number of fused-ring (bicyclic) bond motifs is 1. The van der Waals surface area contributed by atoms with Crippen LogP contribution in [-0.4, -0.2) is 23.9 Å². The van der Waals surface area contributed by atoms with Crippen LogP contribution in [0.15, 0.2) is 24.3 Å². The molecule has 0 saturated carbocycles. The van der Waals surface area contributed by atoms with Crippen LogP contribution in [0.5, 0.6) is 0 Å². The highest BCUT2D eigenvalue weighted by atomic mass is 35.5. The number of amides is 1. The van der Waals surface area contributed by atoms with Crippen LogP contribution < -0.4 is 10.6 Å². The molecule has 0 aliphatic carbocycles. The molecule has 6 N–H and O–H groups in total. The van der Waals surface area contributed by atoms with Gasteiger partial charge in [-0.1, -0.05) is 18.2 Å². The maximum Gasteiger partial charge on any atom is 0.248 e. The van der Waals surface area contributed by atoms with Gasteiger partial charge in [-0.05, 0) is 6.07 Å². The molecule has 0 spiro atoms. The van der Waals surface area contributed by atoms with Gasteiger partial charge in [-0.2, -0.15) is 0 Å². The molecule has 86 valence electrons. The Morgan fingerprint density at radius 3 is 2.33 bits per heavy atom. The summed E-state index contributed by atoms with van der Waals surface area (Å²) in [5.41, 5.74) is 7.54. The molecule has 1 heterocycles. The fourth-order valence-corrected chi connectivity index (χ4v) is 1.52. The van der Waals surface area contributed by atoms with Crippen molar-refractivity contribution < 1.29 is 15.7 Å². The number of anilines is 1. The first kappa shape index (κ1) is 16.3. The van der Waals surface area contributed by atoms with E-state index in [1.54, 1.807) is 11.9 Å². The number of rotatable bonds is 0. The zero-order chi connectivity index (χ0) is 8.72. The molecule has 2 rings (SSSR count). The lowest BCUT2D eigenvalue weighted by Crippen LogP contribution is -2.27. The summed E-state index contributed by atoms with van der Waals surface area (Å²) in [5, 5.41) is 0. The van der Waals surface area contributed by atoms with Crippen molar-refractivity contribution in [3.05, 3.63) is 29.8 Å². The van der Waals surface area contributed by atoms with E-state index in [2.05, 4.69) is 0 Å². The van der Waals surface area contributed by atoms with E-state index in [1.807, 2.05) is 24.3 Å². The minimum Gasteiger partial charge on any atom is -0.412 e. The summed E-state index contributed by atoms with van der Waals surface area (Å²) in [6, 6.07) is 7.12. The quantitative estimate of drug-likeness (QED) is 0.649. The van der Waals surface area contributed by atoms with Crippen molar-refractivity contribution in [2.24, 2.45) is 5.73 Å². The second-order valence-electron chi connectivity index (χ2n) is 2.93. The number of halogens is 1. The molecule has 1 unspecified atom stereocenters. The summed E-state index contributed by atoms with van der Waals surface area (Å²) in [6.45, 7) is 0. The van der Waals surface area contributed by atoms with Gasteiger partial charge in [0.05, 0.1) is 0 Å². The highest BCUT2D eigenvalue weighted by Crippen LogP contribution is 2.32. The van der Waals surface area contributed by atoms with Crippen LogP contribution in [0.1, 0.15) is 11.6 Å². The number of likely N-dealkylation sites (N-methyl/N-ethyl adjacent to an activating group) is 1. The largest absolute Gasteiger partial charge is 0.412 e. The Balaban J connectivity index is 0. The highest BCUT2D eigenvalue weighted by Gasteiger charge is 2.31. The number of carbonyl (C=O) groups excluding carboxylic acids is 1. The summed E-state index contributed by atoms with van der Waals surface area (Å²) >= 11 is 0. The van der Waals surface area contributed by atoms with E-state index in [-0.39, 0.29) is 29.3 Å². The predicted molar refractivity (Wildman–Crippen MR) is 61.3 cm³/mol. The van der Waals surface area contributed by atoms with Crippen molar-refractivity contribution in [3.63, 3.8) is 0 Å². The van der Waals surface area contributed by atoms with Gasteiger partial charge in [0.2, 0.25) is 5.91 Å². The van der Waals surface area contributed by atoms with Crippen molar-refractivity contribution in [2.45, 2.75) is 6.04 Å². The molecule has 0 radical (unpaired) electrons. The van der Waals surface area contributed by atoms with Crippen LogP contribution in [0.4, 0.5) is 5.69 Å². The maximum absolute atomic E-state index is 11.4. The van der Waals surface area contributed by atoms with Gasteiger partial charge in [0.15, 0.2) is 0 Å². The summed E-state index contributed by atoms with van der Waals surface area (Å²) < 4.78 is 0. The van der Waals surface area contributed by atoms with Gasteiger partial charge in [-0.15, -0.1) is 12.4 Å². The molecular formula is C9H15ClN2O3. The average Bonchev–Trinajstić information content (AvgIpc) is 2.33. The number of carbonyl (C=O) groups is 1. The number of hydrogen-bond acceptors (Lipinski definition) is 2. The highest BCUT2D eigenvalue weighted by molar-refractivity contribution is 6.03.